The second-order valence-electron chi connectivity index (χ2n) is 6.44. The fraction of sp³-hybridized carbons (Fsp3) is 0.474. The van der Waals surface area contributed by atoms with Crippen molar-refractivity contribution >= 4 is 5.96 Å². The van der Waals surface area contributed by atoms with E-state index < -0.39 is 0 Å². The molecule has 0 aliphatic rings. The summed E-state index contributed by atoms with van der Waals surface area (Å²) >= 11 is 0. The van der Waals surface area contributed by atoms with E-state index in [0.717, 1.165) is 30.2 Å². The van der Waals surface area contributed by atoms with Crippen LogP contribution in [0.4, 0.5) is 0 Å². The zero-order valence-electron chi connectivity index (χ0n) is 15.3. The maximum Gasteiger partial charge on any atom is 0.226 e. The first-order chi connectivity index (χ1) is 11.5. The first-order valence-electron chi connectivity index (χ1n) is 8.48. The summed E-state index contributed by atoms with van der Waals surface area (Å²) < 4.78 is 5.59. The van der Waals surface area contributed by atoms with Crippen LogP contribution in [0.1, 0.15) is 32.0 Å². The molecule has 0 saturated heterocycles. The quantitative estimate of drug-likeness (QED) is 0.630. The summed E-state index contributed by atoms with van der Waals surface area (Å²) in [5.74, 6) is 2.04. The van der Waals surface area contributed by atoms with Crippen molar-refractivity contribution in [1.82, 2.24) is 15.6 Å². The smallest absolute Gasteiger partial charge is 0.226 e. The van der Waals surface area contributed by atoms with Crippen LogP contribution in [0.25, 0.3) is 11.5 Å². The Morgan fingerprint density at radius 2 is 1.92 bits per heavy atom. The van der Waals surface area contributed by atoms with Gasteiger partial charge in [-0.05, 0) is 31.9 Å². The molecule has 5 heteroatoms. The van der Waals surface area contributed by atoms with Gasteiger partial charge in [-0.15, -0.1) is 0 Å². The minimum absolute atomic E-state index is 0.372. The van der Waals surface area contributed by atoms with Crippen LogP contribution in [-0.2, 0) is 6.42 Å². The summed E-state index contributed by atoms with van der Waals surface area (Å²) in [6.45, 7) is 9.35. The average Bonchev–Trinajstić information content (AvgIpc) is 3.03. The summed E-state index contributed by atoms with van der Waals surface area (Å²) in [6.07, 6.45) is 2.51. The number of oxazole rings is 1. The van der Waals surface area contributed by atoms with E-state index in [-0.39, 0.29) is 0 Å². The van der Waals surface area contributed by atoms with Crippen molar-refractivity contribution < 1.29 is 4.42 Å². The molecule has 0 saturated carbocycles. The van der Waals surface area contributed by atoms with E-state index in [1.54, 1.807) is 13.3 Å². The third-order valence-electron chi connectivity index (χ3n) is 4.11. The number of nitrogens with zero attached hydrogens (tertiary/aromatic N) is 2. The van der Waals surface area contributed by atoms with Gasteiger partial charge in [0.1, 0.15) is 6.26 Å². The molecule has 0 fully saturated rings. The van der Waals surface area contributed by atoms with E-state index in [2.05, 4.69) is 60.4 Å². The van der Waals surface area contributed by atoms with E-state index in [9.17, 15) is 0 Å². The maximum absolute atomic E-state index is 5.59. The Morgan fingerprint density at radius 3 is 2.54 bits per heavy atom. The van der Waals surface area contributed by atoms with Crippen LogP contribution in [0.5, 0.6) is 0 Å². The number of hydrogen-bond donors (Lipinski definition) is 2. The van der Waals surface area contributed by atoms with Crippen LogP contribution in [0, 0.1) is 12.8 Å². The SMILES string of the molecule is CN=C(NCCc1coc(-c2ccc(C)cc2)n1)NC(C)C(C)C. The number of guanidine groups is 1. The van der Waals surface area contributed by atoms with Gasteiger partial charge in [-0.2, -0.15) is 0 Å². The average molecular weight is 328 g/mol. The van der Waals surface area contributed by atoms with Gasteiger partial charge < -0.3 is 15.1 Å². The van der Waals surface area contributed by atoms with Crippen molar-refractivity contribution in [2.24, 2.45) is 10.9 Å². The molecule has 2 aromatic rings. The van der Waals surface area contributed by atoms with Gasteiger partial charge in [0.25, 0.3) is 0 Å². The van der Waals surface area contributed by atoms with Gasteiger partial charge in [-0.3, -0.25) is 4.99 Å². The first kappa shape index (κ1) is 18.0. The Hall–Kier alpha value is -2.30. The van der Waals surface area contributed by atoms with E-state index in [4.69, 9.17) is 4.42 Å². The highest BCUT2D eigenvalue weighted by Gasteiger charge is 2.10. The molecule has 24 heavy (non-hydrogen) atoms. The van der Waals surface area contributed by atoms with E-state index in [0.29, 0.717) is 17.9 Å². The maximum atomic E-state index is 5.59. The van der Waals surface area contributed by atoms with Crippen LogP contribution in [0.3, 0.4) is 0 Å². The van der Waals surface area contributed by atoms with Crippen LogP contribution in [0.2, 0.25) is 0 Å². The third-order valence-corrected chi connectivity index (χ3v) is 4.11. The molecule has 0 bridgehead atoms. The first-order valence-corrected chi connectivity index (χ1v) is 8.48. The highest BCUT2D eigenvalue weighted by molar-refractivity contribution is 5.79. The molecule has 0 spiro atoms. The number of nitrogens with one attached hydrogen (secondary N) is 2. The number of aryl methyl sites for hydroxylation is 1. The Labute approximate surface area is 144 Å². The lowest BCUT2D eigenvalue weighted by Crippen LogP contribution is -2.44. The molecule has 1 atom stereocenters. The molecule has 0 radical (unpaired) electrons. The lowest BCUT2D eigenvalue weighted by molar-refractivity contribution is 0.481. The number of benzene rings is 1. The predicted octanol–water partition coefficient (Wildman–Crippen LogP) is 3.40. The van der Waals surface area contributed by atoms with Crippen molar-refractivity contribution in [3.8, 4) is 11.5 Å². The Morgan fingerprint density at radius 1 is 1.21 bits per heavy atom. The van der Waals surface area contributed by atoms with E-state index in [1.165, 1.54) is 5.56 Å². The van der Waals surface area contributed by atoms with Crippen molar-refractivity contribution in [3.63, 3.8) is 0 Å². The van der Waals surface area contributed by atoms with Crippen molar-refractivity contribution in [1.29, 1.82) is 0 Å². The Bertz CT molecular complexity index is 658. The van der Waals surface area contributed by atoms with Crippen molar-refractivity contribution in [2.45, 2.75) is 40.2 Å². The molecule has 5 nitrogen and oxygen atoms in total. The molecule has 1 heterocycles. The van der Waals surface area contributed by atoms with Crippen molar-refractivity contribution in [2.75, 3.05) is 13.6 Å². The van der Waals surface area contributed by atoms with Crippen molar-refractivity contribution in [3.05, 3.63) is 41.8 Å². The number of aromatic nitrogens is 1. The summed E-state index contributed by atoms with van der Waals surface area (Å²) in [5, 5.41) is 6.70. The minimum Gasteiger partial charge on any atom is -0.444 e. The normalized spacial score (nSPS) is 13.2. The van der Waals surface area contributed by atoms with Gasteiger partial charge in [0, 0.05) is 31.6 Å². The molecule has 0 amide bonds. The number of rotatable bonds is 6. The standard InChI is InChI=1S/C19H28N4O/c1-13(2)15(4)22-19(20-5)21-11-10-17-12-24-18(23-17)16-8-6-14(3)7-9-16/h6-9,12-13,15H,10-11H2,1-5H3,(H2,20,21,22). The van der Waals surface area contributed by atoms with Crippen LogP contribution >= 0.6 is 0 Å². The molecule has 1 aromatic heterocycles. The summed E-state index contributed by atoms with van der Waals surface area (Å²) in [6, 6.07) is 8.56. The van der Waals surface area contributed by atoms with Crippen LogP contribution < -0.4 is 10.6 Å². The third kappa shape index (κ3) is 5.11. The molecule has 2 rings (SSSR count). The lowest BCUT2D eigenvalue weighted by Gasteiger charge is -2.20. The van der Waals surface area contributed by atoms with E-state index in [1.807, 2.05) is 12.1 Å². The zero-order chi connectivity index (χ0) is 17.5. The Balaban J connectivity index is 1.85. The molecule has 1 unspecified atom stereocenters. The van der Waals surface area contributed by atoms with Crippen LogP contribution in [-0.4, -0.2) is 30.6 Å². The van der Waals surface area contributed by atoms with Gasteiger partial charge in [0.05, 0.1) is 5.69 Å². The van der Waals surface area contributed by atoms with Gasteiger partial charge >= 0.3 is 0 Å². The van der Waals surface area contributed by atoms with Gasteiger partial charge in [0.2, 0.25) is 5.89 Å². The summed E-state index contributed by atoms with van der Waals surface area (Å²) in [7, 11) is 1.79. The highest BCUT2D eigenvalue weighted by Crippen LogP contribution is 2.19. The van der Waals surface area contributed by atoms with Gasteiger partial charge in [-0.1, -0.05) is 31.5 Å². The fourth-order valence-electron chi connectivity index (χ4n) is 2.14. The molecular formula is C19H28N4O. The molecule has 2 N–H and O–H groups in total. The van der Waals surface area contributed by atoms with Gasteiger partial charge in [0.15, 0.2) is 5.96 Å². The Kier molecular flexibility index (Phi) is 6.41. The number of hydrogen-bond acceptors (Lipinski definition) is 3. The lowest BCUT2D eigenvalue weighted by atomic mass is 10.1. The number of aliphatic imine (C=N–C) groups is 1. The summed E-state index contributed by atoms with van der Waals surface area (Å²) in [5.41, 5.74) is 3.16. The summed E-state index contributed by atoms with van der Waals surface area (Å²) in [4.78, 5) is 8.81. The molecule has 0 aliphatic heterocycles. The fourth-order valence-corrected chi connectivity index (χ4v) is 2.14. The monoisotopic (exact) mass is 328 g/mol. The second kappa shape index (κ2) is 8.52. The molecule has 0 aliphatic carbocycles. The highest BCUT2D eigenvalue weighted by atomic mass is 16.3. The molecule has 130 valence electrons. The predicted molar refractivity (Wildman–Crippen MR) is 99.2 cm³/mol. The minimum atomic E-state index is 0.372. The molecule has 1 aromatic carbocycles. The second-order valence-corrected chi connectivity index (χ2v) is 6.44. The van der Waals surface area contributed by atoms with E-state index >= 15 is 0 Å². The largest absolute Gasteiger partial charge is 0.444 e. The van der Waals surface area contributed by atoms with Crippen LogP contribution in [0.15, 0.2) is 39.9 Å². The molecular weight excluding hydrogens is 300 g/mol. The van der Waals surface area contributed by atoms with Gasteiger partial charge in [-0.25, -0.2) is 4.98 Å². The zero-order valence-corrected chi connectivity index (χ0v) is 15.3. The topological polar surface area (TPSA) is 62.5 Å².